The van der Waals surface area contributed by atoms with Gasteiger partial charge in [-0.15, -0.1) is 23.1 Å². The molecule has 49 heavy (non-hydrogen) atoms. The number of methoxy groups -OCH3 is 3. The number of hydrogen-bond donors (Lipinski definition) is 3. The van der Waals surface area contributed by atoms with E-state index >= 15 is 0 Å². The summed E-state index contributed by atoms with van der Waals surface area (Å²) in [5, 5.41) is 9.04. The third-order valence-electron chi connectivity index (χ3n) is 7.79. The van der Waals surface area contributed by atoms with E-state index in [1.54, 1.807) is 73.8 Å². The first-order valence-electron chi connectivity index (χ1n) is 15.7. The van der Waals surface area contributed by atoms with Crippen LogP contribution in [0.25, 0.3) is 6.08 Å². The van der Waals surface area contributed by atoms with Gasteiger partial charge < -0.3 is 30.2 Å². The normalized spacial score (nSPS) is 12.6. The quantitative estimate of drug-likeness (QED) is 0.0626. The zero-order chi connectivity index (χ0) is 34.8. The fraction of sp³-hybridized carbons (Fsp3) is 0.243. The molecule has 1 aliphatic rings. The molecule has 0 saturated carbocycles. The lowest BCUT2D eigenvalue weighted by atomic mass is 10.1. The highest BCUT2D eigenvalue weighted by molar-refractivity contribution is 8.00. The number of rotatable bonds is 12. The summed E-state index contributed by atoms with van der Waals surface area (Å²) < 4.78 is 15.8. The summed E-state index contributed by atoms with van der Waals surface area (Å²) in [7, 11) is 4.40. The maximum Gasteiger partial charge on any atom is 0.341 e. The lowest BCUT2D eigenvalue weighted by Gasteiger charge is -2.13. The number of fused-ring (bicyclic) bond motifs is 1. The smallest absolute Gasteiger partial charge is 0.341 e. The number of hydrogen-bond acceptors (Lipinski definition) is 9. The predicted molar refractivity (Wildman–Crippen MR) is 193 cm³/mol. The monoisotopic (exact) mass is 699 g/mol. The molecule has 0 atom stereocenters. The molecule has 1 aromatic heterocycles. The zero-order valence-electron chi connectivity index (χ0n) is 27.4. The van der Waals surface area contributed by atoms with Gasteiger partial charge in [0.1, 0.15) is 22.2 Å². The van der Waals surface area contributed by atoms with Crippen molar-refractivity contribution in [2.75, 3.05) is 37.7 Å². The number of anilines is 2. The van der Waals surface area contributed by atoms with E-state index in [1.165, 1.54) is 43.4 Å². The number of thioether (sulfide) groups is 1. The molecule has 1 aliphatic carbocycles. The maximum atomic E-state index is 13.6. The van der Waals surface area contributed by atoms with E-state index in [4.69, 9.17) is 14.2 Å². The Balaban J connectivity index is 1.30. The summed E-state index contributed by atoms with van der Waals surface area (Å²) in [5.41, 5.74) is 2.84. The number of carbonyl (C=O) groups excluding carboxylic acids is 4. The molecule has 0 fully saturated rings. The van der Waals surface area contributed by atoms with Gasteiger partial charge in [-0.3, -0.25) is 14.4 Å². The van der Waals surface area contributed by atoms with Crippen LogP contribution in [0.4, 0.5) is 10.7 Å². The number of amides is 3. The van der Waals surface area contributed by atoms with Crippen LogP contribution in [-0.4, -0.2) is 50.8 Å². The summed E-state index contributed by atoms with van der Waals surface area (Å²) in [6, 6.07) is 20.8. The van der Waals surface area contributed by atoms with Gasteiger partial charge in [0.15, 0.2) is 0 Å². The molecule has 3 N–H and O–H groups in total. The third kappa shape index (κ3) is 9.09. The molecule has 0 radical (unpaired) electrons. The summed E-state index contributed by atoms with van der Waals surface area (Å²) in [5.74, 6) is -0.613. The van der Waals surface area contributed by atoms with E-state index < -0.39 is 17.8 Å². The summed E-state index contributed by atoms with van der Waals surface area (Å²) in [4.78, 5) is 54.3. The average molecular weight is 700 g/mol. The third-order valence-corrected chi connectivity index (χ3v) is 10.00. The van der Waals surface area contributed by atoms with Gasteiger partial charge in [0.05, 0.1) is 32.6 Å². The summed E-state index contributed by atoms with van der Waals surface area (Å²) >= 11 is 2.74. The summed E-state index contributed by atoms with van der Waals surface area (Å²) in [6.07, 6.45) is 6.36. The molecule has 3 aromatic carbocycles. The number of benzene rings is 3. The lowest BCUT2D eigenvalue weighted by Crippen LogP contribution is -2.30. The van der Waals surface area contributed by atoms with Crippen molar-refractivity contribution in [2.24, 2.45) is 0 Å². The van der Waals surface area contributed by atoms with Crippen LogP contribution in [0.2, 0.25) is 0 Å². The second kappa shape index (κ2) is 16.8. The van der Waals surface area contributed by atoms with Crippen LogP contribution in [0.15, 0.2) is 83.4 Å². The zero-order valence-corrected chi connectivity index (χ0v) is 29.1. The Morgan fingerprint density at radius 2 is 1.65 bits per heavy atom. The maximum absolute atomic E-state index is 13.6. The first kappa shape index (κ1) is 35.2. The van der Waals surface area contributed by atoms with Crippen molar-refractivity contribution in [1.82, 2.24) is 5.32 Å². The van der Waals surface area contributed by atoms with Crippen molar-refractivity contribution >= 4 is 63.6 Å². The number of thiophene rings is 1. The molecule has 0 saturated heterocycles. The minimum atomic E-state index is -0.560. The number of nitrogens with one attached hydrogen (secondary N) is 3. The standard InChI is InChI=1S/C37H37N3O7S2/c1-45-26-18-17-24(30(21-26)46-2)19-29(39-34(42)23-11-6-4-7-12-23)35(43)38-25-13-10-14-27(20-25)48-22-32(41)40-36-33(37(44)47-3)28-15-8-5-9-16-31(28)49-36/h4,6-7,10-14,17-21H,5,8-9,15-16,22H2,1-3H3,(H,38,43)(H,39,42)(H,40,41)/b29-19+. The van der Waals surface area contributed by atoms with Crippen LogP contribution in [0.5, 0.6) is 11.5 Å². The minimum absolute atomic E-state index is 0.00879. The predicted octanol–water partition coefficient (Wildman–Crippen LogP) is 6.96. The first-order valence-corrected chi connectivity index (χ1v) is 17.5. The molecule has 0 bridgehead atoms. The van der Waals surface area contributed by atoms with E-state index in [-0.39, 0.29) is 17.4 Å². The van der Waals surface area contributed by atoms with Crippen LogP contribution < -0.4 is 25.4 Å². The fourth-order valence-electron chi connectivity index (χ4n) is 5.36. The van der Waals surface area contributed by atoms with Crippen molar-refractivity contribution in [3.63, 3.8) is 0 Å². The Morgan fingerprint density at radius 1 is 0.857 bits per heavy atom. The highest BCUT2D eigenvalue weighted by atomic mass is 32.2. The Kier molecular flexibility index (Phi) is 12.1. The topological polar surface area (TPSA) is 132 Å². The number of ether oxygens (including phenoxy) is 3. The van der Waals surface area contributed by atoms with Crippen molar-refractivity contribution in [3.05, 3.63) is 106 Å². The first-order chi connectivity index (χ1) is 23.8. The van der Waals surface area contributed by atoms with Crippen molar-refractivity contribution in [1.29, 1.82) is 0 Å². The van der Waals surface area contributed by atoms with E-state index in [0.29, 0.717) is 38.9 Å². The van der Waals surface area contributed by atoms with Gasteiger partial charge in [-0.1, -0.05) is 30.7 Å². The minimum Gasteiger partial charge on any atom is -0.497 e. The Hall–Kier alpha value is -5.07. The van der Waals surface area contributed by atoms with E-state index in [1.807, 2.05) is 6.07 Å². The van der Waals surface area contributed by atoms with Crippen LogP contribution in [0.3, 0.4) is 0 Å². The van der Waals surface area contributed by atoms with Crippen LogP contribution in [-0.2, 0) is 27.2 Å². The highest BCUT2D eigenvalue weighted by Crippen LogP contribution is 2.38. The van der Waals surface area contributed by atoms with Crippen LogP contribution in [0.1, 0.15) is 56.0 Å². The SMILES string of the molecule is COC(=O)c1c(NC(=O)CSc2cccc(NC(=O)/C(=C\c3ccc(OC)cc3OC)NC(=O)c3ccccc3)c2)sc2c1CCCCC2. The second-order valence-corrected chi connectivity index (χ2v) is 13.2. The van der Waals surface area contributed by atoms with Crippen molar-refractivity contribution in [3.8, 4) is 11.5 Å². The Bertz CT molecular complexity index is 1870. The van der Waals surface area contributed by atoms with E-state index in [0.717, 1.165) is 47.4 Å². The Labute approximate surface area is 293 Å². The van der Waals surface area contributed by atoms with E-state index in [2.05, 4.69) is 16.0 Å². The van der Waals surface area contributed by atoms with Gasteiger partial charge in [-0.25, -0.2) is 4.79 Å². The van der Waals surface area contributed by atoms with Gasteiger partial charge in [0.25, 0.3) is 11.8 Å². The highest BCUT2D eigenvalue weighted by Gasteiger charge is 2.26. The van der Waals surface area contributed by atoms with E-state index in [9.17, 15) is 19.2 Å². The van der Waals surface area contributed by atoms with Gasteiger partial charge in [-0.2, -0.15) is 0 Å². The molecule has 1 heterocycles. The molecule has 10 nitrogen and oxygen atoms in total. The van der Waals surface area contributed by atoms with Crippen LogP contribution in [0, 0.1) is 0 Å². The van der Waals surface area contributed by atoms with Gasteiger partial charge >= 0.3 is 5.97 Å². The van der Waals surface area contributed by atoms with Gasteiger partial charge in [0.2, 0.25) is 5.91 Å². The molecule has 3 amide bonds. The molecule has 0 unspecified atom stereocenters. The Morgan fingerprint density at radius 3 is 2.41 bits per heavy atom. The molecular formula is C37H37N3O7S2. The molecule has 12 heteroatoms. The largest absolute Gasteiger partial charge is 0.497 e. The molecule has 254 valence electrons. The van der Waals surface area contributed by atoms with Gasteiger partial charge in [0, 0.05) is 32.7 Å². The van der Waals surface area contributed by atoms with Gasteiger partial charge in [-0.05, 0) is 79.8 Å². The number of esters is 1. The van der Waals surface area contributed by atoms with Crippen molar-refractivity contribution in [2.45, 2.75) is 37.0 Å². The summed E-state index contributed by atoms with van der Waals surface area (Å²) in [6.45, 7) is 0. The molecule has 4 aromatic rings. The molecule has 0 spiro atoms. The van der Waals surface area contributed by atoms with Crippen molar-refractivity contribution < 1.29 is 33.4 Å². The van der Waals surface area contributed by atoms with Crippen LogP contribution >= 0.6 is 23.1 Å². The molecule has 5 rings (SSSR count). The number of carbonyl (C=O) groups is 4. The molecule has 0 aliphatic heterocycles. The second-order valence-electron chi connectivity index (χ2n) is 11.1. The number of aryl methyl sites for hydroxylation is 1. The lowest BCUT2D eigenvalue weighted by molar-refractivity contribution is -0.114. The average Bonchev–Trinajstić information content (AvgIpc) is 3.29. The fourth-order valence-corrected chi connectivity index (χ4v) is 7.41. The molecular weight excluding hydrogens is 663 g/mol.